The number of nitro benzene ring substituents is 1. The van der Waals surface area contributed by atoms with Gasteiger partial charge in [-0.25, -0.2) is 4.99 Å². The van der Waals surface area contributed by atoms with Crippen molar-refractivity contribution >= 4 is 35.5 Å². The van der Waals surface area contributed by atoms with Crippen LogP contribution in [0.4, 0.5) is 11.4 Å². The molecule has 0 bridgehead atoms. The molecule has 9 heteroatoms. The Morgan fingerprint density at radius 2 is 1.79 bits per heavy atom. The van der Waals surface area contributed by atoms with E-state index >= 15 is 0 Å². The summed E-state index contributed by atoms with van der Waals surface area (Å²) >= 11 is 0. The van der Waals surface area contributed by atoms with E-state index in [9.17, 15) is 14.9 Å². The highest BCUT2D eigenvalue weighted by atomic mass is 35.5. The van der Waals surface area contributed by atoms with E-state index in [0.29, 0.717) is 37.3 Å². The first-order valence-corrected chi connectivity index (χ1v) is 8.74. The van der Waals surface area contributed by atoms with Gasteiger partial charge >= 0.3 is 0 Å². The lowest BCUT2D eigenvalue weighted by molar-refractivity contribution is -0.384. The third-order valence-electron chi connectivity index (χ3n) is 5.11. The van der Waals surface area contributed by atoms with E-state index in [1.807, 2.05) is 24.3 Å². The van der Waals surface area contributed by atoms with Gasteiger partial charge in [-0.15, -0.1) is 12.4 Å². The summed E-state index contributed by atoms with van der Waals surface area (Å²) in [5.41, 5.74) is 7.93. The number of non-ortho nitro benzene ring substituents is 1. The van der Waals surface area contributed by atoms with Crippen LogP contribution in [0.3, 0.4) is 0 Å². The Morgan fingerprint density at radius 3 is 2.43 bits per heavy atom. The van der Waals surface area contributed by atoms with Gasteiger partial charge in [0.05, 0.1) is 4.92 Å². The molecule has 2 aromatic rings. The van der Waals surface area contributed by atoms with E-state index in [0.717, 1.165) is 11.3 Å². The van der Waals surface area contributed by atoms with Gasteiger partial charge in [0.15, 0.2) is 0 Å². The summed E-state index contributed by atoms with van der Waals surface area (Å²) < 4.78 is 0. The molecule has 8 nitrogen and oxygen atoms in total. The summed E-state index contributed by atoms with van der Waals surface area (Å²) in [6, 6.07) is 13.5. The van der Waals surface area contributed by atoms with Gasteiger partial charge < -0.3 is 16.0 Å². The lowest BCUT2D eigenvalue weighted by Gasteiger charge is -2.42. The van der Waals surface area contributed by atoms with Gasteiger partial charge in [0.1, 0.15) is 11.5 Å². The molecule has 1 spiro atoms. The Kier molecular flexibility index (Phi) is 5.24. The minimum Gasteiger partial charge on any atom is -0.383 e. The van der Waals surface area contributed by atoms with Gasteiger partial charge in [0, 0.05) is 54.9 Å². The van der Waals surface area contributed by atoms with Gasteiger partial charge in [-0.3, -0.25) is 14.9 Å². The smallest absolute Gasteiger partial charge is 0.269 e. The van der Waals surface area contributed by atoms with Crippen molar-refractivity contribution in [2.24, 2.45) is 10.7 Å². The van der Waals surface area contributed by atoms with Crippen molar-refractivity contribution in [3.8, 4) is 0 Å². The van der Waals surface area contributed by atoms with E-state index < -0.39 is 10.6 Å². The standard InChI is InChI=1S/C19H19N5O3.ClH/c20-17-15-3-1-2-4-16(15)21-19(22-17)9-11-23(12-10-19)18(25)13-5-7-14(8-6-13)24(26)27;/h1-8,21H,9-12H2,(H2,20,22);1H. The number of likely N-dealkylation sites (tertiary alicyclic amines) is 1. The molecule has 0 aromatic heterocycles. The molecule has 0 saturated carbocycles. The predicted octanol–water partition coefficient (Wildman–Crippen LogP) is 2.78. The van der Waals surface area contributed by atoms with Crippen LogP contribution in [0.5, 0.6) is 0 Å². The van der Waals surface area contributed by atoms with Crippen molar-refractivity contribution in [3.05, 3.63) is 69.8 Å². The summed E-state index contributed by atoms with van der Waals surface area (Å²) in [6.45, 7) is 1.06. The van der Waals surface area contributed by atoms with Crippen LogP contribution in [0.25, 0.3) is 0 Å². The van der Waals surface area contributed by atoms with Crippen molar-refractivity contribution in [3.63, 3.8) is 0 Å². The van der Waals surface area contributed by atoms with Gasteiger partial charge in [0.2, 0.25) is 0 Å². The maximum absolute atomic E-state index is 12.7. The number of nitrogens with zero attached hydrogens (tertiary/aromatic N) is 3. The summed E-state index contributed by atoms with van der Waals surface area (Å²) in [5, 5.41) is 14.2. The summed E-state index contributed by atoms with van der Waals surface area (Å²) in [4.78, 5) is 29.4. The number of aliphatic imine (C=N–C) groups is 1. The summed E-state index contributed by atoms with van der Waals surface area (Å²) in [6.07, 6.45) is 1.28. The number of benzene rings is 2. The number of anilines is 1. The highest BCUT2D eigenvalue weighted by Gasteiger charge is 2.38. The minimum atomic E-state index is -0.495. The molecule has 28 heavy (non-hydrogen) atoms. The zero-order chi connectivity index (χ0) is 19.0. The van der Waals surface area contributed by atoms with Crippen molar-refractivity contribution in [1.82, 2.24) is 4.90 Å². The van der Waals surface area contributed by atoms with E-state index in [2.05, 4.69) is 10.3 Å². The van der Waals surface area contributed by atoms with Crippen molar-refractivity contribution in [2.45, 2.75) is 18.5 Å². The molecule has 2 aliphatic heterocycles. The van der Waals surface area contributed by atoms with Crippen LogP contribution in [0.15, 0.2) is 53.5 Å². The number of piperidine rings is 1. The fraction of sp³-hybridized carbons (Fsp3) is 0.263. The highest BCUT2D eigenvalue weighted by Crippen LogP contribution is 2.34. The topological polar surface area (TPSA) is 114 Å². The molecule has 2 aromatic carbocycles. The first-order valence-electron chi connectivity index (χ1n) is 8.74. The Labute approximate surface area is 168 Å². The van der Waals surface area contributed by atoms with Crippen molar-refractivity contribution < 1.29 is 9.72 Å². The zero-order valence-corrected chi connectivity index (χ0v) is 15.8. The molecule has 1 saturated heterocycles. The third-order valence-corrected chi connectivity index (χ3v) is 5.11. The molecule has 0 radical (unpaired) electrons. The Bertz CT molecular complexity index is 937. The minimum absolute atomic E-state index is 0. The second-order valence-corrected chi connectivity index (χ2v) is 6.80. The number of nitro groups is 1. The monoisotopic (exact) mass is 401 g/mol. The number of amides is 1. The Balaban J connectivity index is 0.00000225. The van der Waals surface area contributed by atoms with Crippen LogP contribution >= 0.6 is 12.4 Å². The van der Waals surface area contributed by atoms with E-state index in [1.54, 1.807) is 4.90 Å². The SMILES string of the molecule is Cl.NC1=NC2(CCN(C(=O)c3ccc([N+](=O)[O-])cc3)CC2)Nc2ccccc21. The van der Waals surface area contributed by atoms with Crippen molar-refractivity contribution in [1.29, 1.82) is 0 Å². The summed E-state index contributed by atoms with van der Waals surface area (Å²) in [5.74, 6) is 0.382. The molecule has 3 N–H and O–H groups in total. The third kappa shape index (κ3) is 3.50. The number of fused-ring (bicyclic) bond motifs is 1. The van der Waals surface area contributed by atoms with Gasteiger partial charge in [-0.05, 0) is 24.3 Å². The molecular weight excluding hydrogens is 382 g/mol. The molecular formula is C19H20ClN5O3. The Hall–Kier alpha value is -3.13. The first kappa shape index (κ1) is 19.6. The average Bonchev–Trinajstić information content (AvgIpc) is 2.68. The fourth-order valence-corrected chi connectivity index (χ4v) is 3.61. The highest BCUT2D eigenvalue weighted by molar-refractivity contribution is 6.04. The molecule has 0 atom stereocenters. The molecule has 1 fully saturated rings. The lowest BCUT2D eigenvalue weighted by Crippen LogP contribution is -2.52. The number of hydrogen-bond acceptors (Lipinski definition) is 6. The van der Waals surface area contributed by atoms with Gasteiger partial charge in [0.25, 0.3) is 11.6 Å². The van der Waals surface area contributed by atoms with E-state index in [-0.39, 0.29) is 24.0 Å². The van der Waals surface area contributed by atoms with Crippen molar-refractivity contribution in [2.75, 3.05) is 18.4 Å². The number of rotatable bonds is 2. The largest absolute Gasteiger partial charge is 0.383 e. The second kappa shape index (κ2) is 7.47. The average molecular weight is 402 g/mol. The molecule has 0 aliphatic carbocycles. The van der Waals surface area contributed by atoms with Crippen LogP contribution in [0.2, 0.25) is 0 Å². The fourth-order valence-electron chi connectivity index (χ4n) is 3.61. The number of nitrogens with one attached hydrogen (secondary N) is 1. The maximum atomic E-state index is 12.7. The second-order valence-electron chi connectivity index (χ2n) is 6.80. The number of carbonyl (C=O) groups is 1. The zero-order valence-electron chi connectivity index (χ0n) is 15.0. The number of hydrogen-bond donors (Lipinski definition) is 2. The van der Waals surface area contributed by atoms with Crippen LogP contribution < -0.4 is 11.1 Å². The molecule has 2 heterocycles. The van der Waals surface area contributed by atoms with Crippen LogP contribution in [0, 0.1) is 10.1 Å². The summed E-state index contributed by atoms with van der Waals surface area (Å²) in [7, 11) is 0. The quantitative estimate of drug-likeness (QED) is 0.593. The lowest BCUT2D eigenvalue weighted by atomic mass is 9.93. The molecule has 2 aliphatic rings. The number of para-hydroxylation sites is 1. The van der Waals surface area contributed by atoms with Crippen LogP contribution in [0.1, 0.15) is 28.8 Å². The number of nitrogens with two attached hydrogens (primary N) is 1. The maximum Gasteiger partial charge on any atom is 0.269 e. The number of amidine groups is 1. The van der Waals surface area contributed by atoms with Gasteiger partial charge in [-0.1, -0.05) is 12.1 Å². The first-order chi connectivity index (χ1) is 13.0. The molecule has 4 rings (SSSR count). The predicted molar refractivity (Wildman–Crippen MR) is 109 cm³/mol. The van der Waals surface area contributed by atoms with E-state index in [1.165, 1.54) is 24.3 Å². The van der Waals surface area contributed by atoms with E-state index in [4.69, 9.17) is 5.73 Å². The molecule has 1 amide bonds. The molecule has 0 unspecified atom stereocenters. The van der Waals surface area contributed by atoms with Crippen LogP contribution in [-0.2, 0) is 0 Å². The van der Waals surface area contributed by atoms with Gasteiger partial charge in [-0.2, -0.15) is 0 Å². The number of halogens is 1. The molecule has 146 valence electrons. The normalized spacial score (nSPS) is 17.0. The number of carbonyl (C=O) groups excluding carboxylic acids is 1. The van der Waals surface area contributed by atoms with Crippen LogP contribution in [-0.4, -0.2) is 40.3 Å². The Morgan fingerprint density at radius 1 is 1.14 bits per heavy atom.